The summed E-state index contributed by atoms with van der Waals surface area (Å²) in [5.74, 6) is 5.11. The van der Waals surface area contributed by atoms with Crippen LogP contribution in [0.3, 0.4) is 0 Å². The zero-order valence-corrected chi connectivity index (χ0v) is 8.94. The van der Waals surface area contributed by atoms with Crippen molar-refractivity contribution in [3.8, 4) is 0 Å². The number of hydrogen-bond acceptors (Lipinski definition) is 2. The fraction of sp³-hybridized carbons (Fsp3) is 0.333. The largest absolute Gasteiger partial charge is 0.271 e. The summed E-state index contributed by atoms with van der Waals surface area (Å²) in [6, 6.07) is 4.66. The van der Waals surface area contributed by atoms with E-state index >= 15 is 0 Å². The average molecular weight is 247 g/mol. The fourth-order valence-electron chi connectivity index (χ4n) is 1.21. The Kier molecular flexibility index (Phi) is 3.84. The van der Waals surface area contributed by atoms with Crippen LogP contribution < -0.4 is 11.3 Å². The summed E-state index contributed by atoms with van der Waals surface area (Å²) < 4.78 is 13.5. The summed E-state index contributed by atoms with van der Waals surface area (Å²) in [4.78, 5) is 0. The SMILES string of the molecule is CCC(NN)c1ccc(F)cc1Br. The topological polar surface area (TPSA) is 38.0 Å². The van der Waals surface area contributed by atoms with Crippen LogP contribution in [0.2, 0.25) is 0 Å². The minimum atomic E-state index is -0.248. The molecular weight excluding hydrogens is 235 g/mol. The summed E-state index contributed by atoms with van der Waals surface area (Å²) in [5.41, 5.74) is 3.65. The molecule has 0 fully saturated rings. The molecule has 1 rings (SSSR count). The highest BCUT2D eigenvalue weighted by Crippen LogP contribution is 2.25. The highest BCUT2D eigenvalue weighted by Gasteiger charge is 2.10. The number of hydrazine groups is 1. The molecule has 0 bridgehead atoms. The second kappa shape index (κ2) is 4.69. The van der Waals surface area contributed by atoms with E-state index in [1.54, 1.807) is 6.07 Å². The van der Waals surface area contributed by atoms with Crippen LogP contribution in [-0.2, 0) is 0 Å². The highest BCUT2D eigenvalue weighted by atomic mass is 79.9. The number of benzene rings is 1. The second-order valence-corrected chi connectivity index (χ2v) is 3.65. The van der Waals surface area contributed by atoms with Crippen LogP contribution in [0.25, 0.3) is 0 Å². The lowest BCUT2D eigenvalue weighted by atomic mass is 10.1. The molecule has 0 aliphatic heterocycles. The first-order valence-electron chi connectivity index (χ1n) is 4.10. The summed E-state index contributed by atoms with van der Waals surface area (Å²) in [5, 5.41) is 0. The van der Waals surface area contributed by atoms with E-state index in [2.05, 4.69) is 21.4 Å². The summed E-state index contributed by atoms with van der Waals surface area (Å²) in [6.07, 6.45) is 0.862. The zero-order chi connectivity index (χ0) is 9.84. The van der Waals surface area contributed by atoms with Crippen molar-refractivity contribution >= 4 is 15.9 Å². The van der Waals surface area contributed by atoms with Gasteiger partial charge in [0.25, 0.3) is 0 Å². The zero-order valence-electron chi connectivity index (χ0n) is 7.35. The van der Waals surface area contributed by atoms with Gasteiger partial charge in [0, 0.05) is 10.5 Å². The van der Waals surface area contributed by atoms with E-state index in [0.717, 1.165) is 16.5 Å². The molecule has 0 aliphatic rings. The van der Waals surface area contributed by atoms with E-state index in [9.17, 15) is 4.39 Å². The Labute approximate surface area is 85.4 Å². The highest BCUT2D eigenvalue weighted by molar-refractivity contribution is 9.10. The molecule has 3 N–H and O–H groups in total. The van der Waals surface area contributed by atoms with E-state index in [4.69, 9.17) is 5.84 Å². The van der Waals surface area contributed by atoms with Crippen LogP contribution in [0, 0.1) is 5.82 Å². The molecule has 1 atom stereocenters. The lowest BCUT2D eigenvalue weighted by Crippen LogP contribution is -2.27. The van der Waals surface area contributed by atoms with E-state index in [-0.39, 0.29) is 11.9 Å². The smallest absolute Gasteiger partial charge is 0.124 e. The third-order valence-electron chi connectivity index (χ3n) is 1.95. The van der Waals surface area contributed by atoms with Gasteiger partial charge < -0.3 is 0 Å². The van der Waals surface area contributed by atoms with Gasteiger partial charge in [-0.15, -0.1) is 0 Å². The van der Waals surface area contributed by atoms with Gasteiger partial charge in [-0.1, -0.05) is 28.9 Å². The number of nitrogens with two attached hydrogens (primary N) is 1. The molecule has 4 heteroatoms. The lowest BCUT2D eigenvalue weighted by molar-refractivity contribution is 0.535. The summed E-state index contributed by atoms with van der Waals surface area (Å²) in [7, 11) is 0. The van der Waals surface area contributed by atoms with Crippen molar-refractivity contribution in [3.63, 3.8) is 0 Å². The van der Waals surface area contributed by atoms with E-state index in [1.165, 1.54) is 12.1 Å². The predicted molar refractivity (Wildman–Crippen MR) is 54.5 cm³/mol. The molecule has 1 aromatic rings. The Hall–Kier alpha value is -0.450. The molecule has 0 aliphatic carbocycles. The molecule has 0 heterocycles. The third-order valence-corrected chi connectivity index (χ3v) is 2.63. The van der Waals surface area contributed by atoms with Crippen LogP contribution >= 0.6 is 15.9 Å². The number of halogens is 2. The first-order chi connectivity index (χ1) is 6.19. The van der Waals surface area contributed by atoms with Gasteiger partial charge in [0.05, 0.1) is 0 Å². The summed E-state index contributed by atoms with van der Waals surface area (Å²) >= 11 is 3.29. The molecule has 0 aromatic heterocycles. The van der Waals surface area contributed by atoms with E-state index in [1.807, 2.05) is 6.92 Å². The molecule has 0 amide bonds. The quantitative estimate of drug-likeness (QED) is 0.636. The molecule has 0 radical (unpaired) electrons. The van der Waals surface area contributed by atoms with E-state index in [0.29, 0.717) is 0 Å². The van der Waals surface area contributed by atoms with Crippen molar-refractivity contribution in [1.82, 2.24) is 5.43 Å². The van der Waals surface area contributed by atoms with Gasteiger partial charge in [-0.3, -0.25) is 11.3 Å². The standard InChI is InChI=1S/C9H12BrFN2/c1-2-9(13-12)7-4-3-6(11)5-8(7)10/h3-5,9,13H,2,12H2,1H3. The van der Waals surface area contributed by atoms with Gasteiger partial charge in [-0.05, 0) is 24.1 Å². The van der Waals surface area contributed by atoms with E-state index < -0.39 is 0 Å². The molecule has 0 spiro atoms. The lowest BCUT2D eigenvalue weighted by Gasteiger charge is -2.15. The first-order valence-corrected chi connectivity index (χ1v) is 4.89. The number of rotatable bonds is 3. The molecule has 0 saturated heterocycles. The van der Waals surface area contributed by atoms with Crippen molar-refractivity contribution in [2.24, 2.45) is 5.84 Å². The molecule has 13 heavy (non-hydrogen) atoms. The van der Waals surface area contributed by atoms with Crippen LogP contribution in [0.5, 0.6) is 0 Å². The van der Waals surface area contributed by atoms with Gasteiger partial charge in [0.15, 0.2) is 0 Å². The van der Waals surface area contributed by atoms with Gasteiger partial charge in [0.2, 0.25) is 0 Å². The Bertz CT molecular complexity index is 287. The Morgan fingerprint density at radius 1 is 1.62 bits per heavy atom. The molecule has 1 aromatic carbocycles. The predicted octanol–water partition coefficient (Wildman–Crippen LogP) is 2.50. The van der Waals surface area contributed by atoms with Crippen molar-refractivity contribution in [2.75, 3.05) is 0 Å². The number of nitrogens with one attached hydrogen (secondary N) is 1. The Balaban J connectivity index is 2.99. The second-order valence-electron chi connectivity index (χ2n) is 2.79. The molecule has 0 saturated carbocycles. The molecular formula is C9H12BrFN2. The van der Waals surface area contributed by atoms with Crippen LogP contribution in [0.1, 0.15) is 24.9 Å². The maximum atomic E-state index is 12.7. The average Bonchev–Trinajstić information content (AvgIpc) is 2.10. The fourth-order valence-corrected chi connectivity index (χ4v) is 1.84. The Morgan fingerprint density at radius 2 is 2.31 bits per heavy atom. The molecule has 72 valence electrons. The van der Waals surface area contributed by atoms with Gasteiger partial charge in [0.1, 0.15) is 5.82 Å². The minimum absolute atomic E-state index is 0.0648. The first kappa shape index (κ1) is 10.6. The maximum absolute atomic E-state index is 12.7. The minimum Gasteiger partial charge on any atom is -0.271 e. The van der Waals surface area contributed by atoms with Gasteiger partial charge in [-0.25, -0.2) is 4.39 Å². The van der Waals surface area contributed by atoms with Gasteiger partial charge >= 0.3 is 0 Å². The maximum Gasteiger partial charge on any atom is 0.124 e. The number of hydrogen-bond donors (Lipinski definition) is 2. The van der Waals surface area contributed by atoms with Crippen molar-refractivity contribution in [2.45, 2.75) is 19.4 Å². The molecule has 1 unspecified atom stereocenters. The Morgan fingerprint density at radius 3 is 2.77 bits per heavy atom. The van der Waals surface area contributed by atoms with Crippen LogP contribution in [-0.4, -0.2) is 0 Å². The normalized spacial score (nSPS) is 12.9. The van der Waals surface area contributed by atoms with Crippen LogP contribution in [0.15, 0.2) is 22.7 Å². The van der Waals surface area contributed by atoms with Crippen molar-refractivity contribution in [1.29, 1.82) is 0 Å². The molecule has 2 nitrogen and oxygen atoms in total. The monoisotopic (exact) mass is 246 g/mol. The van der Waals surface area contributed by atoms with Crippen molar-refractivity contribution < 1.29 is 4.39 Å². The van der Waals surface area contributed by atoms with Crippen molar-refractivity contribution in [3.05, 3.63) is 34.1 Å². The van der Waals surface area contributed by atoms with Crippen LogP contribution in [0.4, 0.5) is 4.39 Å². The van der Waals surface area contributed by atoms with Gasteiger partial charge in [-0.2, -0.15) is 0 Å². The third kappa shape index (κ3) is 2.49. The summed E-state index contributed by atoms with van der Waals surface area (Å²) in [6.45, 7) is 2.01.